The van der Waals surface area contributed by atoms with Crippen molar-refractivity contribution in [1.82, 2.24) is 4.90 Å². The van der Waals surface area contributed by atoms with E-state index in [2.05, 4.69) is 50.9 Å². The highest BCUT2D eigenvalue weighted by molar-refractivity contribution is 5.39. The summed E-state index contributed by atoms with van der Waals surface area (Å²) in [7, 11) is 2.38. The van der Waals surface area contributed by atoms with Crippen molar-refractivity contribution in [2.24, 2.45) is 0 Å². The SMILES string of the molecule is CCN1CCC[N+](C)(CCOc2c(C)cccc2C)CC1. The molecule has 3 nitrogen and oxygen atoms in total. The molecular weight excluding hydrogens is 260 g/mol. The van der Waals surface area contributed by atoms with E-state index in [1.807, 2.05) is 0 Å². The van der Waals surface area contributed by atoms with Crippen LogP contribution in [0.3, 0.4) is 0 Å². The van der Waals surface area contributed by atoms with Gasteiger partial charge in [-0.2, -0.15) is 0 Å². The maximum absolute atomic E-state index is 6.10. The van der Waals surface area contributed by atoms with Gasteiger partial charge in [-0.05, 0) is 31.5 Å². The van der Waals surface area contributed by atoms with Crippen molar-refractivity contribution in [3.63, 3.8) is 0 Å². The summed E-state index contributed by atoms with van der Waals surface area (Å²) in [6.45, 7) is 14.6. The Morgan fingerprint density at radius 1 is 1.14 bits per heavy atom. The van der Waals surface area contributed by atoms with E-state index in [4.69, 9.17) is 4.74 Å². The van der Waals surface area contributed by atoms with Crippen LogP contribution < -0.4 is 4.74 Å². The Morgan fingerprint density at radius 2 is 1.86 bits per heavy atom. The largest absolute Gasteiger partial charge is 0.487 e. The Balaban J connectivity index is 1.87. The third kappa shape index (κ3) is 4.45. The lowest BCUT2D eigenvalue weighted by atomic mass is 10.1. The smallest absolute Gasteiger partial charge is 0.137 e. The highest BCUT2D eigenvalue weighted by atomic mass is 16.5. The first kappa shape index (κ1) is 16.3. The van der Waals surface area contributed by atoms with Gasteiger partial charge >= 0.3 is 0 Å². The van der Waals surface area contributed by atoms with Gasteiger partial charge < -0.3 is 9.22 Å². The van der Waals surface area contributed by atoms with E-state index in [0.717, 1.165) is 23.4 Å². The van der Waals surface area contributed by atoms with Crippen LogP contribution in [0.15, 0.2) is 18.2 Å². The van der Waals surface area contributed by atoms with Crippen LogP contribution in [0.5, 0.6) is 5.75 Å². The first-order chi connectivity index (χ1) is 10.0. The molecule has 118 valence electrons. The molecule has 1 aromatic carbocycles. The molecule has 1 saturated heterocycles. The molecule has 1 unspecified atom stereocenters. The molecule has 21 heavy (non-hydrogen) atoms. The van der Waals surface area contributed by atoms with Crippen LogP contribution >= 0.6 is 0 Å². The van der Waals surface area contributed by atoms with Gasteiger partial charge in [-0.1, -0.05) is 25.1 Å². The van der Waals surface area contributed by atoms with Crippen LogP contribution in [-0.2, 0) is 0 Å². The van der Waals surface area contributed by atoms with Crippen LogP contribution in [0, 0.1) is 13.8 Å². The lowest BCUT2D eigenvalue weighted by Crippen LogP contribution is -2.49. The molecule has 0 spiro atoms. The minimum absolute atomic E-state index is 0.814. The second-order valence-corrected chi connectivity index (χ2v) is 6.65. The van der Waals surface area contributed by atoms with Crippen molar-refractivity contribution in [2.45, 2.75) is 27.2 Å². The van der Waals surface area contributed by atoms with Gasteiger partial charge in [0.25, 0.3) is 0 Å². The van der Waals surface area contributed by atoms with E-state index in [0.29, 0.717) is 0 Å². The zero-order chi connectivity index (χ0) is 15.3. The second-order valence-electron chi connectivity index (χ2n) is 6.65. The second kappa shape index (κ2) is 7.28. The summed E-state index contributed by atoms with van der Waals surface area (Å²) in [5.41, 5.74) is 2.48. The van der Waals surface area contributed by atoms with Crippen molar-refractivity contribution in [3.05, 3.63) is 29.3 Å². The van der Waals surface area contributed by atoms with E-state index in [-0.39, 0.29) is 0 Å². The maximum Gasteiger partial charge on any atom is 0.137 e. The summed E-state index contributed by atoms with van der Waals surface area (Å²) in [6, 6.07) is 6.35. The number of ether oxygens (including phenoxy) is 1. The lowest BCUT2D eigenvalue weighted by molar-refractivity contribution is -0.907. The Bertz CT molecular complexity index is 440. The molecule has 1 atom stereocenters. The number of likely N-dealkylation sites (N-methyl/N-ethyl adjacent to an activating group) is 2. The predicted molar refractivity (Wildman–Crippen MR) is 88.9 cm³/mol. The maximum atomic E-state index is 6.10. The quantitative estimate of drug-likeness (QED) is 0.774. The lowest BCUT2D eigenvalue weighted by Gasteiger charge is -2.33. The number of hydrogen-bond acceptors (Lipinski definition) is 2. The molecule has 1 aliphatic rings. The summed E-state index contributed by atoms with van der Waals surface area (Å²) >= 11 is 0. The van der Waals surface area contributed by atoms with Crippen LogP contribution in [0.4, 0.5) is 0 Å². The number of quaternary nitrogens is 1. The molecule has 1 fully saturated rings. The van der Waals surface area contributed by atoms with E-state index in [9.17, 15) is 0 Å². The number of aryl methyl sites for hydroxylation is 2. The molecule has 2 rings (SSSR count). The van der Waals surface area contributed by atoms with Gasteiger partial charge in [0.05, 0.1) is 20.1 Å². The zero-order valence-electron chi connectivity index (χ0n) is 14.2. The van der Waals surface area contributed by atoms with E-state index < -0.39 is 0 Å². The minimum Gasteiger partial charge on any atom is -0.487 e. The van der Waals surface area contributed by atoms with Crippen molar-refractivity contribution >= 4 is 0 Å². The van der Waals surface area contributed by atoms with Crippen LogP contribution in [0.25, 0.3) is 0 Å². The van der Waals surface area contributed by atoms with Crippen LogP contribution in [-0.4, -0.2) is 62.3 Å². The molecule has 1 aliphatic heterocycles. The van der Waals surface area contributed by atoms with Gasteiger partial charge in [-0.15, -0.1) is 0 Å². The molecule has 3 heteroatoms. The predicted octanol–water partition coefficient (Wildman–Crippen LogP) is 2.85. The Labute approximate surface area is 130 Å². The van der Waals surface area contributed by atoms with Gasteiger partial charge in [0.1, 0.15) is 18.9 Å². The van der Waals surface area contributed by atoms with Gasteiger partial charge in [0, 0.05) is 19.5 Å². The number of nitrogens with zero attached hydrogens (tertiary/aromatic N) is 2. The minimum atomic E-state index is 0.814. The topological polar surface area (TPSA) is 12.5 Å². The van der Waals surface area contributed by atoms with Crippen molar-refractivity contribution in [2.75, 3.05) is 52.9 Å². The average Bonchev–Trinajstić information content (AvgIpc) is 2.64. The third-order valence-corrected chi connectivity index (χ3v) is 4.86. The number of para-hydroxylation sites is 1. The molecule has 0 bridgehead atoms. The van der Waals surface area contributed by atoms with Gasteiger partial charge in [-0.25, -0.2) is 0 Å². The zero-order valence-corrected chi connectivity index (χ0v) is 14.2. The Hall–Kier alpha value is -1.06. The first-order valence-electron chi connectivity index (χ1n) is 8.29. The number of benzene rings is 1. The fourth-order valence-electron chi connectivity index (χ4n) is 3.22. The van der Waals surface area contributed by atoms with Crippen LogP contribution in [0.1, 0.15) is 24.5 Å². The molecule has 0 aromatic heterocycles. The Morgan fingerprint density at radius 3 is 2.52 bits per heavy atom. The summed E-state index contributed by atoms with van der Waals surface area (Å²) in [5, 5.41) is 0. The van der Waals surface area contributed by atoms with Gasteiger partial charge in [-0.3, -0.25) is 4.90 Å². The normalized spacial score (nSPS) is 23.8. The van der Waals surface area contributed by atoms with E-state index in [1.165, 1.54) is 50.3 Å². The summed E-state index contributed by atoms with van der Waals surface area (Å²) < 4.78 is 7.24. The van der Waals surface area contributed by atoms with Crippen molar-refractivity contribution in [3.8, 4) is 5.75 Å². The van der Waals surface area contributed by atoms with Crippen molar-refractivity contribution < 1.29 is 9.22 Å². The molecule has 0 radical (unpaired) electrons. The fourth-order valence-corrected chi connectivity index (χ4v) is 3.22. The standard InChI is InChI=1S/C18H31N2O/c1-5-19-10-7-12-20(4,13-11-19)14-15-21-18-16(2)8-6-9-17(18)3/h6,8-9H,5,7,10-15H2,1-4H3/q+1. The molecule has 0 amide bonds. The van der Waals surface area contributed by atoms with E-state index in [1.54, 1.807) is 0 Å². The summed E-state index contributed by atoms with van der Waals surface area (Å²) in [5.74, 6) is 1.08. The summed E-state index contributed by atoms with van der Waals surface area (Å²) in [4.78, 5) is 2.57. The monoisotopic (exact) mass is 291 g/mol. The number of rotatable bonds is 5. The fraction of sp³-hybridized carbons (Fsp3) is 0.667. The van der Waals surface area contributed by atoms with Gasteiger partial charge in [0.15, 0.2) is 0 Å². The van der Waals surface area contributed by atoms with Gasteiger partial charge in [0.2, 0.25) is 0 Å². The molecule has 0 N–H and O–H groups in total. The molecular formula is C18H31N2O+. The molecule has 1 heterocycles. The third-order valence-electron chi connectivity index (χ3n) is 4.86. The summed E-state index contributed by atoms with van der Waals surface area (Å²) in [6.07, 6.45) is 1.30. The Kier molecular flexibility index (Phi) is 5.65. The first-order valence-corrected chi connectivity index (χ1v) is 8.29. The molecule has 0 aliphatic carbocycles. The van der Waals surface area contributed by atoms with Crippen molar-refractivity contribution in [1.29, 1.82) is 0 Å². The highest BCUT2D eigenvalue weighted by Gasteiger charge is 2.25. The molecule has 0 saturated carbocycles. The number of hydrogen-bond donors (Lipinski definition) is 0. The average molecular weight is 291 g/mol. The van der Waals surface area contributed by atoms with E-state index >= 15 is 0 Å². The molecule has 1 aromatic rings. The highest BCUT2D eigenvalue weighted by Crippen LogP contribution is 2.22. The van der Waals surface area contributed by atoms with Crippen LogP contribution in [0.2, 0.25) is 0 Å².